The average Bonchev–Trinajstić information content (AvgIpc) is 3.54. The lowest BCUT2D eigenvalue weighted by Crippen LogP contribution is -2.54. The van der Waals surface area contributed by atoms with Gasteiger partial charge in [-0.05, 0) is 36.6 Å². The molecule has 2 fully saturated rings. The topological polar surface area (TPSA) is 146 Å². The van der Waals surface area contributed by atoms with Crippen molar-refractivity contribution in [1.82, 2.24) is 20.0 Å². The van der Waals surface area contributed by atoms with Crippen molar-refractivity contribution in [3.05, 3.63) is 65.0 Å². The normalized spacial score (nSPS) is 16.0. The van der Waals surface area contributed by atoms with Crippen LogP contribution in [0.1, 0.15) is 45.2 Å². The SMILES string of the molecule is COc1ccc(F)cc1C(=O)NCc1ccc(-c2nn(C3CN(C(=O)C4(F)CC4)C3)c(N)c2C(N)=O)cc1. The molecule has 38 heavy (non-hydrogen) atoms. The Morgan fingerprint density at radius 3 is 2.45 bits per heavy atom. The van der Waals surface area contributed by atoms with Crippen LogP contribution in [0.5, 0.6) is 5.75 Å². The lowest BCUT2D eigenvalue weighted by molar-refractivity contribution is -0.144. The second-order valence-corrected chi connectivity index (χ2v) is 9.47. The van der Waals surface area contributed by atoms with Gasteiger partial charge in [-0.25, -0.2) is 13.5 Å². The number of nitrogens with one attached hydrogen (secondary N) is 1. The average molecular weight is 525 g/mol. The van der Waals surface area contributed by atoms with Crippen molar-refractivity contribution in [2.24, 2.45) is 5.73 Å². The zero-order valence-electron chi connectivity index (χ0n) is 20.5. The molecular weight excluding hydrogens is 498 g/mol. The van der Waals surface area contributed by atoms with Crippen LogP contribution in [0.15, 0.2) is 42.5 Å². The highest BCUT2D eigenvalue weighted by atomic mass is 19.1. The number of benzene rings is 2. The minimum Gasteiger partial charge on any atom is -0.496 e. The number of nitrogen functional groups attached to an aromatic ring is 1. The lowest BCUT2D eigenvalue weighted by Gasteiger charge is -2.40. The number of likely N-dealkylation sites (tertiary alicyclic amines) is 1. The molecule has 0 spiro atoms. The van der Waals surface area contributed by atoms with Gasteiger partial charge in [0.2, 0.25) is 0 Å². The largest absolute Gasteiger partial charge is 0.496 e. The van der Waals surface area contributed by atoms with Crippen LogP contribution in [0.25, 0.3) is 11.3 Å². The van der Waals surface area contributed by atoms with Crippen LogP contribution >= 0.6 is 0 Å². The standard InChI is InChI=1S/C26H26F2N6O4/c1-38-19-7-6-16(27)10-18(19)24(36)31-11-14-2-4-15(5-3-14)21-20(23(30)35)22(29)34(32-21)17-12-33(13-17)25(37)26(28)8-9-26/h2-7,10,17H,8-9,11-13,29H2,1H3,(H2,30,35)(H,31,36). The van der Waals surface area contributed by atoms with E-state index in [4.69, 9.17) is 16.2 Å². The van der Waals surface area contributed by atoms with Crippen molar-refractivity contribution in [1.29, 1.82) is 0 Å². The van der Waals surface area contributed by atoms with Gasteiger partial charge < -0.3 is 26.4 Å². The lowest BCUT2D eigenvalue weighted by atomic mass is 10.0. The molecule has 1 saturated carbocycles. The molecule has 3 aromatic rings. The zero-order valence-corrected chi connectivity index (χ0v) is 20.5. The van der Waals surface area contributed by atoms with Crippen molar-refractivity contribution in [3.63, 3.8) is 0 Å². The highest BCUT2D eigenvalue weighted by Crippen LogP contribution is 2.43. The maximum absolute atomic E-state index is 14.1. The van der Waals surface area contributed by atoms with Gasteiger partial charge in [0.25, 0.3) is 17.7 Å². The Kier molecular flexibility index (Phi) is 6.25. The summed E-state index contributed by atoms with van der Waals surface area (Å²) in [7, 11) is 1.39. The Morgan fingerprint density at radius 2 is 1.84 bits per heavy atom. The molecule has 0 atom stereocenters. The number of primary amides is 1. The summed E-state index contributed by atoms with van der Waals surface area (Å²) in [4.78, 5) is 38.4. The van der Waals surface area contributed by atoms with Crippen molar-refractivity contribution >= 4 is 23.5 Å². The van der Waals surface area contributed by atoms with Gasteiger partial charge in [-0.3, -0.25) is 14.4 Å². The second-order valence-electron chi connectivity index (χ2n) is 9.47. The third-order valence-electron chi connectivity index (χ3n) is 6.85. The van der Waals surface area contributed by atoms with E-state index >= 15 is 0 Å². The smallest absolute Gasteiger partial charge is 0.260 e. The molecule has 12 heteroatoms. The van der Waals surface area contributed by atoms with Gasteiger partial charge in [-0.15, -0.1) is 0 Å². The molecule has 1 aliphatic heterocycles. The van der Waals surface area contributed by atoms with E-state index in [9.17, 15) is 23.2 Å². The number of hydrogen-bond acceptors (Lipinski definition) is 6. The number of amides is 3. The van der Waals surface area contributed by atoms with Gasteiger partial charge >= 0.3 is 0 Å². The van der Waals surface area contributed by atoms with Gasteiger partial charge in [0.1, 0.15) is 28.6 Å². The number of methoxy groups -OCH3 is 1. The molecule has 5 N–H and O–H groups in total. The Hall–Kier alpha value is -4.48. The number of rotatable bonds is 8. The molecule has 1 aliphatic carbocycles. The third-order valence-corrected chi connectivity index (χ3v) is 6.85. The van der Waals surface area contributed by atoms with Crippen LogP contribution in [-0.4, -0.2) is 58.3 Å². The molecule has 2 aromatic carbocycles. The van der Waals surface area contributed by atoms with Gasteiger partial charge in [0, 0.05) is 25.2 Å². The van der Waals surface area contributed by atoms with Crippen molar-refractivity contribution in [2.45, 2.75) is 31.1 Å². The molecule has 2 aliphatic rings. The number of carbonyl (C=O) groups excluding carboxylic acids is 3. The van der Waals surface area contributed by atoms with E-state index < -0.39 is 29.2 Å². The van der Waals surface area contributed by atoms with Crippen LogP contribution in [0, 0.1) is 5.82 Å². The Bertz CT molecular complexity index is 1430. The molecule has 10 nitrogen and oxygen atoms in total. The number of nitrogens with zero attached hydrogens (tertiary/aromatic N) is 3. The molecule has 0 bridgehead atoms. The number of anilines is 1. The van der Waals surface area contributed by atoms with Gasteiger partial charge in [-0.1, -0.05) is 24.3 Å². The molecule has 1 aromatic heterocycles. The molecule has 198 valence electrons. The molecule has 1 saturated heterocycles. The molecular formula is C26H26F2N6O4. The second kappa shape index (κ2) is 9.43. The number of aromatic nitrogens is 2. The van der Waals surface area contributed by atoms with E-state index in [-0.39, 0.29) is 66.9 Å². The number of nitrogens with two attached hydrogens (primary N) is 2. The molecule has 5 rings (SSSR count). The Balaban J connectivity index is 1.29. The first-order valence-corrected chi connectivity index (χ1v) is 12.0. The summed E-state index contributed by atoms with van der Waals surface area (Å²) in [6.45, 7) is 0.631. The van der Waals surface area contributed by atoms with Crippen LogP contribution < -0.4 is 21.5 Å². The summed E-state index contributed by atoms with van der Waals surface area (Å²) < 4.78 is 34.3. The summed E-state index contributed by atoms with van der Waals surface area (Å²) in [5, 5.41) is 7.22. The molecule has 0 radical (unpaired) electrons. The van der Waals surface area contributed by atoms with Crippen molar-refractivity contribution < 1.29 is 27.9 Å². The predicted molar refractivity (Wildman–Crippen MR) is 133 cm³/mol. The number of ether oxygens (including phenoxy) is 1. The fourth-order valence-electron chi connectivity index (χ4n) is 4.47. The molecule has 0 unspecified atom stereocenters. The fraction of sp³-hybridized carbons (Fsp3) is 0.308. The van der Waals surface area contributed by atoms with Crippen LogP contribution in [0.4, 0.5) is 14.6 Å². The molecule has 2 heterocycles. The fourth-order valence-corrected chi connectivity index (χ4v) is 4.47. The quantitative estimate of drug-likeness (QED) is 0.412. The first kappa shape index (κ1) is 25.2. The van der Waals surface area contributed by atoms with E-state index in [0.29, 0.717) is 5.56 Å². The highest BCUT2D eigenvalue weighted by molar-refractivity contribution is 6.03. The maximum Gasteiger partial charge on any atom is 0.260 e. The van der Waals surface area contributed by atoms with E-state index in [0.717, 1.165) is 11.6 Å². The van der Waals surface area contributed by atoms with Crippen molar-refractivity contribution in [2.75, 3.05) is 25.9 Å². The summed E-state index contributed by atoms with van der Waals surface area (Å²) in [6, 6.07) is 10.3. The predicted octanol–water partition coefficient (Wildman–Crippen LogP) is 2.19. The van der Waals surface area contributed by atoms with Gasteiger partial charge in [-0.2, -0.15) is 5.10 Å². The monoisotopic (exact) mass is 524 g/mol. The summed E-state index contributed by atoms with van der Waals surface area (Å²) in [5.74, 6) is -2.00. The number of halogens is 2. The summed E-state index contributed by atoms with van der Waals surface area (Å²) in [6.07, 6.45) is 0.483. The number of alkyl halides is 1. The minimum atomic E-state index is -1.74. The third kappa shape index (κ3) is 4.53. The number of hydrogen-bond donors (Lipinski definition) is 3. The first-order chi connectivity index (χ1) is 18.1. The summed E-state index contributed by atoms with van der Waals surface area (Å²) in [5.41, 5.74) is 11.8. The van der Waals surface area contributed by atoms with Gasteiger partial charge in [0.15, 0.2) is 5.67 Å². The van der Waals surface area contributed by atoms with E-state index in [1.807, 2.05) is 0 Å². The van der Waals surface area contributed by atoms with Crippen LogP contribution in [0.3, 0.4) is 0 Å². The van der Waals surface area contributed by atoms with Crippen LogP contribution in [-0.2, 0) is 11.3 Å². The van der Waals surface area contributed by atoms with Crippen molar-refractivity contribution in [3.8, 4) is 17.0 Å². The van der Waals surface area contributed by atoms with E-state index in [1.54, 1.807) is 24.3 Å². The van der Waals surface area contributed by atoms with E-state index in [2.05, 4.69) is 10.4 Å². The maximum atomic E-state index is 14.1. The molecule has 3 amide bonds. The van der Waals surface area contributed by atoms with Gasteiger partial charge in [0.05, 0.1) is 18.7 Å². The van der Waals surface area contributed by atoms with E-state index in [1.165, 1.54) is 28.8 Å². The zero-order chi connectivity index (χ0) is 27.2. The Labute approximate surface area is 216 Å². The minimum absolute atomic E-state index is 0.0539. The number of carbonyl (C=O) groups is 3. The highest BCUT2D eigenvalue weighted by Gasteiger charge is 2.55. The summed E-state index contributed by atoms with van der Waals surface area (Å²) >= 11 is 0. The first-order valence-electron chi connectivity index (χ1n) is 12.0. The van der Waals surface area contributed by atoms with Crippen LogP contribution in [0.2, 0.25) is 0 Å². The Morgan fingerprint density at radius 1 is 1.16 bits per heavy atom.